The molecular weight excluding hydrogens is 316 g/mol. The van der Waals surface area contributed by atoms with Gasteiger partial charge in [0.15, 0.2) is 0 Å². The van der Waals surface area contributed by atoms with Crippen molar-refractivity contribution >= 4 is 27.5 Å². The highest BCUT2D eigenvalue weighted by Gasteiger charge is 2.10. The van der Waals surface area contributed by atoms with Gasteiger partial charge in [-0.15, -0.1) is 0 Å². The Morgan fingerprint density at radius 3 is 2.67 bits per heavy atom. The lowest BCUT2D eigenvalue weighted by atomic mass is 10.0. The first-order chi connectivity index (χ1) is 8.72. The van der Waals surface area contributed by atoms with Gasteiger partial charge in [-0.25, -0.2) is 0 Å². The molecule has 0 amide bonds. The molecule has 0 atom stereocenters. The van der Waals surface area contributed by atoms with E-state index in [1.165, 1.54) is 0 Å². The van der Waals surface area contributed by atoms with Crippen molar-refractivity contribution < 1.29 is 9.84 Å². The van der Waals surface area contributed by atoms with Gasteiger partial charge in [-0.05, 0) is 39.7 Å². The standard InChI is InChI=1S/C14H12BrClO2/c15-13-6-2-5-12(14(13)18-8-7-17)10-3-1-4-11(16)9-10/h1-6,9,17H,7-8H2. The number of benzene rings is 2. The van der Waals surface area contributed by atoms with Crippen molar-refractivity contribution in [3.8, 4) is 16.9 Å². The van der Waals surface area contributed by atoms with E-state index in [4.69, 9.17) is 21.4 Å². The molecule has 0 aromatic heterocycles. The minimum atomic E-state index is -0.0175. The minimum absolute atomic E-state index is 0.0175. The molecule has 0 fully saturated rings. The molecule has 0 radical (unpaired) electrons. The molecule has 0 saturated heterocycles. The molecule has 2 aromatic carbocycles. The summed E-state index contributed by atoms with van der Waals surface area (Å²) in [6.45, 7) is 0.243. The molecule has 0 aliphatic rings. The molecule has 94 valence electrons. The molecule has 0 saturated carbocycles. The maximum atomic E-state index is 8.86. The van der Waals surface area contributed by atoms with E-state index in [1.807, 2.05) is 42.5 Å². The Hall–Kier alpha value is -1.03. The average molecular weight is 328 g/mol. The summed E-state index contributed by atoms with van der Waals surface area (Å²) < 4.78 is 6.43. The highest BCUT2D eigenvalue weighted by molar-refractivity contribution is 9.10. The number of aliphatic hydroxyl groups is 1. The summed E-state index contributed by atoms with van der Waals surface area (Å²) in [7, 11) is 0. The second kappa shape index (κ2) is 6.23. The van der Waals surface area contributed by atoms with Crippen LogP contribution in [0.4, 0.5) is 0 Å². The van der Waals surface area contributed by atoms with E-state index in [0.717, 1.165) is 15.6 Å². The summed E-state index contributed by atoms with van der Waals surface area (Å²) in [5.74, 6) is 0.716. The molecule has 0 aliphatic carbocycles. The Kier molecular flexibility index (Phi) is 4.64. The van der Waals surface area contributed by atoms with Crippen LogP contribution in [0, 0.1) is 0 Å². The van der Waals surface area contributed by atoms with Gasteiger partial charge in [0.1, 0.15) is 12.4 Å². The van der Waals surface area contributed by atoms with Crippen LogP contribution in [0.3, 0.4) is 0 Å². The molecular formula is C14H12BrClO2. The number of ether oxygens (including phenoxy) is 1. The Balaban J connectivity index is 2.46. The first-order valence-corrected chi connectivity index (χ1v) is 6.67. The van der Waals surface area contributed by atoms with Crippen molar-refractivity contribution in [2.75, 3.05) is 13.2 Å². The topological polar surface area (TPSA) is 29.5 Å². The van der Waals surface area contributed by atoms with Gasteiger partial charge in [0.05, 0.1) is 11.1 Å². The molecule has 0 bridgehead atoms. The third-order valence-corrected chi connectivity index (χ3v) is 3.30. The van der Waals surface area contributed by atoms with Crippen LogP contribution in [0.15, 0.2) is 46.9 Å². The fraction of sp³-hybridized carbons (Fsp3) is 0.143. The van der Waals surface area contributed by atoms with Gasteiger partial charge < -0.3 is 9.84 Å². The van der Waals surface area contributed by atoms with Crippen molar-refractivity contribution in [1.82, 2.24) is 0 Å². The normalized spacial score (nSPS) is 10.4. The van der Waals surface area contributed by atoms with Crippen LogP contribution in [-0.4, -0.2) is 18.3 Å². The van der Waals surface area contributed by atoms with Gasteiger partial charge in [0.25, 0.3) is 0 Å². The van der Waals surface area contributed by atoms with Gasteiger partial charge in [-0.3, -0.25) is 0 Å². The first kappa shape index (κ1) is 13.4. The molecule has 0 unspecified atom stereocenters. The molecule has 2 nitrogen and oxygen atoms in total. The predicted octanol–water partition coefficient (Wildman–Crippen LogP) is 4.14. The predicted molar refractivity (Wildman–Crippen MR) is 77.2 cm³/mol. The number of rotatable bonds is 4. The van der Waals surface area contributed by atoms with E-state index < -0.39 is 0 Å². The quantitative estimate of drug-likeness (QED) is 0.914. The monoisotopic (exact) mass is 326 g/mol. The number of hydrogen-bond donors (Lipinski definition) is 1. The van der Waals surface area contributed by atoms with Crippen LogP contribution >= 0.6 is 27.5 Å². The largest absolute Gasteiger partial charge is 0.489 e. The number of para-hydroxylation sites is 1. The van der Waals surface area contributed by atoms with E-state index in [1.54, 1.807) is 0 Å². The fourth-order valence-corrected chi connectivity index (χ4v) is 2.36. The lowest BCUT2D eigenvalue weighted by molar-refractivity contribution is 0.201. The van der Waals surface area contributed by atoms with Crippen LogP contribution in [0.5, 0.6) is 5.75 Å². The van der Waals surface area contributed by atoms with Gasteiger partial charge in [-0.1, -0.05) is 35.9 Å². The zero-order valence-corrected chi connectivity index (χ0v) is 11.9. The number of aliphatic hydroxyl groups excluding tert-OH is 1. The van der Waals surface area contributed by atoms with Crippen molar-refractivity contribution in [2.24, 2.45) is 0 Å². The summed E-state index contributed by atoms with van der Waals surface area (Å²) in [5.41, 5.74) is 1.93. The van der Waals surface area contributed by atoms with Gasteiger partial charge in [0.2, 0.25) is 0 Å². The van der Waals surface area contributed by atoms with Gasteiger partial charge in [-0.2, -0.15) is 0 Å². The third-order valence-electron chi connectivity index (χ3n) is 2.44. The van der Waals surface area contributed by atoms with E-state index in [0.29, 0.717) is 10.8 Å². The molecule has 0 spiro atoms. The second-order valence-corrected chi connectivity index (χ2v) is 4.99. The van der Waals surface area contributed by atoms with Crippen molar-refractivity contribution in [2.45, 2.75) is 0 Å². The molecule has 18 heavy (non-hydrogen) atoms. The summed E-state index contributed by atoms with van der Waals surface area (Å²) in [6, 6.07) is 13.4. The van der Waals surface area contributed by atoms with Crippen LogP contribution in [0.25, 0.3) is 11.1 Å². The Labute approximate surface area is 119 Å². The smallest absolute Gasteiger partial charge is 0.141 e. The highest BCUT2D eigenvalue weighted by Crippen LogP contribution is 2.37. The van der Waals surface area contributed by atoms with Crippen LogP contribution < -0.4 is 4.74 Å². The average Bonchev–Trinajstić information content (AvgIpc) is 2.37. The van der Waals surface area contributed by atoms with Crippen molar-refractivity contribution in [3.63, 3.8) is 0 Å². The molecule has 2 rings (SSSR count). The third kappa shape index (κ3) is 3.05. The lowest BCUT2D eigenvalue weighted by Gasteiger charge is -2.13. The van der Waals surface area contributed by atoms with Crippen LogP contribution in [0.2, 0.25) is 5.02 Å². The first-order valence-electron chi connectivity index (χ1n) is 5.50. The van der Waals surface area contributed by atoms with Crippen molar-refractivity contribution in [1.29, 1.82) is 0 Å². The van der Waals surface area contributed by atoms with E-state index in [9.17, 15) is 0 Å². The Morgan fingerprint density at radius 2 is 1.94 bits per heavy atom. The molecule has 2 aromatic rings. The Bertz CT molecular complexity index is 543. The van der Waals surface area contributed by atoms with Crippen LogP contribution in [0.1, 0.15) is 0 Å². The van der Waals surface area contributed by atoms with Gasteiger partial charge >= 0.3 is 0 Å². The number of halogens is 2. The molecule has 4 heteroatoms. The summed E-state index contributed by atoms with van der Waals surface area (Å²) in [4.78, 5) is 0. The fourth-order valence-electron chi connectivity index (χ4n) is 1.69. The van der Waals surface area contributed by atoms with Gasteiger partial charge in [0, 0.05) is 10.6 Å². The SMILES string of the molecule is OCCOc1c(Br)cccc1-c1cccc(Cl)c1. The summed E-state index contributed by atoms with van der Waals surface area (Å²) in [5, 5.41) is 9.54. The lowest BCUT2D eigenvalue weighted by Crippen LogP contribution is -2.03. The summed E-state index contributed by atoms with van der Waals surface area (Å²) in [6.07, 6.45) is 0. The number of hydrogen-bond acceptors (Lipinski definition) is 2. The Morgan fingerprint density at radius 1 is 1.17 bits per heavy atom. The second-order valence-electron chi connectivity index (χ2n) is 3.70. The zero-order chi connectivity index (χ0) is 13.0. The minimum Gasteiger partial charge on any atom is -0.489 e. The van der Waals surface area contributed by atoms with Crippen molar-refractivity contribution in [3.05, 3.63) is 52.0 Å². The van der Waals surface area contributed by atoms with E-state index in [2.05, 4.69) is 15.9 Å². The van der Waals surface area contributed by atoms with E-state index in [-0.39, 0.29) is 13.2 Å². The maximum Gasteiger partial charge on any atom is 0.141 e. The van der Waals surface area contributed by atoms with E-state index >= 15 is 0 Å². The molecule has 0 aliphatic heterocycles. The highest BCUT2D eigenvalue weighted by atomic mass is 79.9. The maximum absolute atomic E-state index is 8.86. The zero-order valence-electron chi connectivity index (χ0n) is 9.57. The molecule has 0 heterocycles. The van der Waals surface area contributed by atoms with Crippen LogP contribution in [-0.2, 0) is 0 Å². The summed E-state index contributed by atoms with van der Waals surface area (Å²) >= 11 is 9.45. The molecule has 1 N–H and O–H groups in total.